The van der Waals surface area contributed by atoms with E-state index >= 15 is 0 Å². The first-order valence-electron chi connectivity index (χ1n) is 9.19. The summed E-state index contributed by atoms with van der Waals surface area (Å²) < 4.78 is 5.10. The largest absolute Gasteiger partial charge is 0.449 e. The van der Waals surface area contributed by atoms with Gasteiger partial charge in [0.2, 0.25) is 11.8 Å². The molecule has 2 aromatic rings. The second-order valence-electron chi connectivity index (χ2n) is 6.53. The summed E-state index contributed by atoms with van der Waals surface area (Å²) in [6.07, 6.45) is -1.01. The molecule has 2 aromatic carbocycles. The van der Waals surface area contributed by atoms with Gasteiger partial charge in [0.15, 0.2) is 6.10 Å². The van der Waals surface area contributed by atoms with Crippen molar-refractivity contribution in [3.8, 4) is 0 Å². The fourth-order valence-electron chi connectivity index (χ4n) is 2.82. The number of imide groups is 2. The van der Waals surface area contributed by atoms with Gasteiger partial charge in [0.25, 0.3) is 5.91 Å². The van der Waals surface area contributed by atoms with Crippen molar-refractivity contribution in [1.29, 1.82) is 0 Å². The minimum absolute atomic E-state index is 0.0633. The van der Waals surface area contributed by atoms with Gasteiger partial charge in [-0.1, -0.05) is 24.3 Å². The Balaban J connectivity index is 1.59. The lowest BCUT2D eigenvalue weighted by atomic mass is 10.2. The molecule has 30 heavy (non-hydrogen) atoms. The lowest BCUT2D eigenvalue weighted by Gasteiger charge is -2.16. The number of urea groups is 1. The Labute approximate surface area is 172 Å². The molecule has 0 spiro atoms. The third kappa shape index (κ3) is 4.88. The molecule has 1 atom stereocenters. The van der Waals surface area contributed by atoms with Gasteiger partial charge in [-0.05, 0) is 37.3 Å². The van der Waals surface area contributed by atoms with E-state index < -0.39 is 24.0 Å². The number of carbonyl (C=O) groups excluding carboxylic acids is 5. The van der Waals surface area contributed by atoms with E-state index in [1.807, 2.05) is 0 Å². The van der Waals surface area contributed by atoms with Crippen LogP contribution in [0.1, 0.15) is 30.1 Å². The maximum Gasteiger partial charge on any atom is 0.338 e. The van der Waals surface area contributed by atoms with Crippen LogP contribution in [-0.4, -0.2) is 35.8 Å². The summed E-state index contributed by atoms with van der Waals surface area (Å²) in [7, 11) is 0. The molecule has 1 fully saturated rings. The first-order chi connectivity index (χ1) is 14.3. The third-order valence-corrected chi connectivity index (χ3v) is 4.31. The minimum Gasteiger partial charge on any atom is -0.449 e. The van der Waals surface area contributed by atoms with E-state index in [1.54, 1.807) is 30.3 Å². The molecule has 9 heteroatoms. The first kappa shape index (κ1) is 20.7. The molecule has 0 bridgehead atoms. The number of rotatable bonds is 5. The molecule has 0 aliphatic carbocycles. The van der Waals surface area contributed by atoms with Crippen LogP contribution >= 0.6 is 0 Å². The Hall–Kier alpha value is -4.01. The number of amides is 5. The number of benzene rings is 2. The smallest absolute Gasteiger partial charge is 0.338 e. The summed E-state index contributed by atoms with van der Waals surface area (Å²) in [4.78, 5) is 61.1. The summed E-state index contributed by atoms with van der Waals surface area (Å²) in [6.45, 7) is 1.32. The van der Waals surface area contributed by atoms with E-state index in [9.17, 15) is 24.0 Å². The monoisotopic (exact) mass is 409 g/mol. The summed E-state index contributed by atoms with van der Waals surface area (Å²) in [5, 5.41) is 4.57. The summed E-state index contributed by atoms with van der Waals surface area (Å²) >= 11 is 0. The molecule has 1 aliphatic heterocycles. The van der Waals surface area contributed by atoms with Gasteiger partial charge in [0.1, 0.15) is 0 Å². The molecule has 3 rings (SSSR count). The molecule has 0 radical (unpaired) electrons. The van der Waals surface area contributed by atoms with E-state index in [4.69, 9.17) is 4.74 Å². The fourth-order valence-corrected chi connectivity index (χ4v) is 2.82. The van der Waals surface area contributed by atoms with E-state index in [2.05, 4.69) is 10.6 Å². The highest BCUT2D eigenvalue weighted by atomic mass is 16.5. The van der Waals surface area contributed by atoms with Gasteiger partial charge in [0.05, 0.1) is 11.3 Å². The van der Waals surface area contributed by atoms with Crippen molar-refractivity contribution in [1.82, 2.24) is 5.32 Å². The zero-order chi connectivity index (χ0) is 21.7. The molecule has 0 aromatic heterocycles. The lowest BCUT2D eigenvalue weighted by Crippen LogP contribution is -2.41. The molecule has 1 unspecified atom stereocenters. The highest BCUT2D eigenvalue weighted by Crippen LogP contribution is 2.23. The van der Waals surface area contributed by atoms with Crippen molar-refractivity contribution in [3.05, 3.63) is 60.2 Å². The number of anilines is 2. The molecule has 1 heterocycles. The van der Waals surface area contributed by atoms with Crippen LogP contribution in [0.2, 0.25) is 0 Å². The topological polar surface area (TPSA) is 122 Å². The molecule has 1 aliphatic rings. The zero-order valence-corrected chi connectivity index (χ0v) is 16.1. The zero-order valence-electron chi connectivity index (χ0n) is 16.1. The van der Waals surface area contributed by atoms with Crippen molar-refractivity contribution < 1.29 is 28.7 Å². The fraction of sp³-hybridized carbons (Fsp3) is 0.190. The first-order valence-corrected chi connectivity index (χ1v) is 9.19. The Morgan fingerprint density at radius 1 is 0.967 bits per heavy atom. The van der Waals surface area contributed by atoms with E-state index in [0.29, 0.717) is 5.69 Å². The predicted molar refractivity (Wildman–Crippen MR) is 107 cm³/mol. The van der Waals surface area contributed by atoms with Gasteiger partial charge in [-0.3, -0.25) is 24.6 Å². The number of ether oxygens (including phenoxy) is 1. The van der Waals surface area contributed by atoms with Crippen LogP contribution < -0.4 is 15.5 Å². The van der Waals surface area contributed by atoms with Crippen LogP contribution in [0.25, 0.3) is 0 Å². The van der Waals surface area contributed by atoms with Gasteiger partial charge >= 0.3 is 12.0 Å². The Bertz CT molecular complexity index is 989. The maximum absolute atomic E-state index is 12.4. The van der Waals surface area contributed by atoms with Crippen molar-refractivity contribution in [3.63, 3.8) is 0 Å². The second kappa shape index (κ2) is 8.99. The highest BCUT2D eigenvalue weighted by Gasteiger charge is 2.31. The number of carbonyl (C=O) groups is 5. The van der Waals surface area contributed by atoms with E-state index in [1.165, 1.54) is 31.2 Å². The number of nitrogens with one attached hydrogen (secondary N) is 2. The van der Waals surface area contributed by atoms with Crippen LogP contribution in [0.3, 0.4) is 0 Å². The van der Waals surface area contributed by atoms with E-state index in [0.717, 1.165) is 4.90 Å². The van der Waals surface area contributed by atoms with Crippen LogP contribution in [0.15, 0.2) is 54.6 Å². The quantitative estimate of drug-likeness (QED) is 0.577. The number of para-hydroxylation sites is 1. The number of hydrogen-bond acceptors (Lipinski definition) is 6. The number of hydrogen-bond donors (Lipinski definition) is 2. The molecular formula is C21H19N3O6. The molecular weight excluding hydrogens is 390 g/mol. The van der Waals surface area contributed by atoms with Gasteiger partial charge in [-0.2, -0.15) is 0 Å². The van der Waals surface area contributed by atoms with Crippen LogP contribution in [-0.2, 0) is 19.1 Å². The highest BCUT2D eigenvalue weighted by molar-refractivity contribution is 6.20. The van der Waals surface area contributed by atoms with Crippen molar-refractivity contribution in [2.75, 3.05) is 10.2 Å². The minimum atomic E-state index is -1.25. The second-order valence-corrected chi connectivity index (χ2v) is 6.53. The average molecular weight is 409 g/mol. The summed E-state index contributed by atoms with van der Waals surface area (Å²) in [5.41, 5.74) is 0.819. The third-order valence-electron chi connectivity index (χ3n) is 4.31. The Morgan fingerprint density at radius 2 is 1.63 bits per heavy atom. The molecule has 0 saturated carbocycles. The standard InChI is InChI=1S/C21H19N3O6/c1-13(19(27)23-21(29)22-15-7-3-2-4-8-15)30-20(28)14-6-5-9-16(12-14)24-17(25)10-11-18(24)26/h2-9,12-13H,10-11H2,1H3,(H2,22,23,27,29). The Kier molecular flexibility index (Phi) is 6.21. The van der Waals surface area contributed by atoms with Crippen LogP contribution in [0.4, 0.5) is 16.2 Å². The van der Waals surface area contributed by atoms with Gasteiger partial charge in [-0.15, -0.1) is 0 Å². The molecule has 2 N–H and O–H groups in total. The molecule has 1 saturated heterocycles. The number of nitrogens with zero attached hydrogens (tertiary/aromatic N) is 1. The van der Waals surface area contributed by atoms with Crippen molar-refractivity contribution >= 4 is 41.1 Å². The molecule has 5 amide bonds. The lowest BCUT2D eigenvalue weighted by molar-refractivity contribution is -0.127. The van der Waals surface area contributed by atoms with Crippen molar-refractivity contribution in [2.24, 2.45) is 0 Å². The van der Waals surface area contributed by atoms with Crippen LogP contribution in [0.5, 0.6) is 0 Å². The normalized spacial score (nSPS) is 14.2. The predicted octanol–water partition coefficient (Wildman–Crippen LogP) is 2.23. The number of esters is 1. The SMILES string of the molecule is CC(OC(=O)c1cccc(N2C(=O)CCC2=O)c1)C(=O)NC(=O)Nc1ccccc1. The molecule has 9 nitrogen and oxygen atoms in total. The van der Waals surface area contributed by atoms with Gasteiger partial charge < -0.3 is 10.1 Å². The Morgan fingerprint density at radius 3 is 2.30 bits per heavy atom. The maximum atomic E-state index is 12.4. The van der Waals surface area contributed by atoms with Gasteiger partial charge in [-0.25, -0.2) is 9.59 Å². The average Bonchev–Trinajstić information content (AvgIpc) is 3.06. The summed E-state index contributed by atoms with van der Waals surface area (Å²) in [5.74, 6) is -2.33. The van der Waals surface area contributed by atoms with Gasteiger partial charge in [0, 0.05) is 18.5 Å². The summed E-state index contributed by atoms with van der Waals surface area (Å²) in [6, 6.07) is 13.6. The molecule has 154 valence electrons. The van der Waals surface area contributed by atoms with Crippen LogP contribution in [0, 0.1) is 0 Å². The van der Waals surface area contributed by atoms with E-state index in [-0.39, 0.29) is 35.9 Å². The van der Waals surface area contributed by atoms with Crippen molar-refractivity contribution in [2.45, 2.75) is 25.9 Å².